The largest absolute Gasteiger partial charge is 0.365 e. The van der Waals surface area contributed by atoms with Crippen LogP contribution in [0.5, 0.6) is 0 Å². The Balaban J connectivity index is 1.97. The van der Waals surface area contributed by atoms with Gasteiger partial charge in [0, 0.05) is 37.9 Å². The number of nitrogens with one attached hydrogen (secondary N) is 1. The molecule has 0 aliphatic rings. The molecule has 2 aromatic heterocycles. The molecule has 0 atom stereocenters. The molecule has 0 aliphatic carbocycles. The van der Waals surface area contributed by atoms with Crippen LogP contribution in [-0.4, -0.2) is 21.1 Å². The molecular formula is C13H16N4O. The monoisotopic (exact) mass is 244 g/mol. The van der Waals surface area contributed by atoms with E-state index >= 15 is 0 Å². The van der Waals surface area contributed by atoms with E-state index in [2.05, 4.69) is 15.3 Å². The van der Waals surface area contributed by atoms with E-state index in [1.807, 2.05) is 19.1 Å². The molecule has 0 unspecified atom stereocenters. The van der Waals surface area contributed by atoms with E-state index in [1.165, 1.54) is 5.56 Å². The molecule has 0 bridgehead atoms. The van der Waals surface area contributed by atoms with Gasteiger partial charge in [-0.15, -0.1) is 0 Å². The molecule has 0 radical (unpaired) electrons. The van der Waals surface area contributed by atoms with Crippen LogP contribution in [0.2, 0.25) is 0 Å². The summed E-state index contributed by atoms with van der Waals surface area (Å²) in [6.07, 6.45) is 7.70. The first-order valence-electron chi connectivity index (χ1n) is 5.99. The minimum atomic E-state index is -0.0743. The molecule has 0 saturated heterocycles. The Morgan fingerprint density at radius 2 is 2.06 bits per heavy atom. The Morgan fingerprint density at radius 3 is 2.78 bits per heavy atom. The first kappa shape index (κ1) is 12.3. The van der Waals surface area contributed by atoms with Gasteiger partial charge in [0.1, 0.15) is 0 Å². The van der Waals surface area contributed by atoms with Crippen molar-refractivity contribution in [2.45, 2.75) is 19.9 Å². The number of nitrogens with zero attached hydrogens (tertiary/aromatic N) is 3. The Hall–Kier alpha value is -2.17. The van der Waals surface area contributed by atoms with E-state index in [9.17, 15) is 4.79 Å². The van der Waals surface area contributed by atoms with Gasteiger partial charge in [0.15, 0.2) is 5.82 Å². The lowest BCUT2D eigenvalue weighted by Crippen LogP contribution is -2.24. The summed E-state index contributed by atoms with van der Waals surface area (Å²) in [6, 6.07) is 3.93. The summed E-state index contributed by atoms with van der Waals surface area (Å²) >= 11 is 0. The van der Waals surface area contributed by atoms with Crippen LogP contribution in [0.25, 0.3) is 0 Å². The van der Waals surface area contributed by atoms with Crippen molar-refractivity contribution in [2.24, 2.45) is 0 Å². The van der Waals surface area contributed by atoms with Crippen LogP contribution in [0.3, 0.4) is 0 Å². The summed E-state index contributed by atoms with van der Waals surface area (Å²) in [5, 5.41) is 3.07. The van der Waals surface area contributed by atoms with Crippen molar-refractivity contribution in [1.29, 1.82) is 0 Å². The van der Waals surface area contributed by atoms with Gasteiger partial charge >= 0.3 is 0 Å². The maximum absolute atomic E-state index is 11.9. The lowest BCUT2D eigenvalue weighted by atomic mass is 10.2. The third-order valence-corrected chi connectivity index (χ3v) is 2.71. The Labute approximate surface area is 106 Å². The van der Waals surface area contributed by atoms with Crippen molar-refractivity contribution in [3.63, 3.8) is 0 Å². The molecule has 2 heterocycles. The summed E-state index contributed by atoms with van der Waals surface area (Å²) in [5.74, 6) is 0.411. The number of aromatic nitrogens is 3. The van der Waals surface area contributed by atoms with Gasteiger partial charge in [0.25, 0.3) is 5.56 Å². The van der Waals surface area contributed by atoms with Gasteiger partial charge in [-0.3, -0.25) is 9.78 Å². The summed E-state index contributed by atoms with van der Waals surface area (Å²) < 4.78 is 1.63. The third kappa shape index (κ3) is 2.94. The van der Waals surface area contributed by atoms with Gasteiger partial charge < -0.3 is 9.88 Å². The summed E-state index contributed by atoms with van der Waals surface area (Å²) in [7, 11) is 0. The summed E-state index contributed by atoms with van der Waals surface area (Å²) in [6.45, 7) is 3.27. The molecule has 0 amide bonds. The van der Waals surface area contributed by atoms with Crippen LogP contribution in [0.4, 0.5) is 5.82 Å². The van der Waals surface area contributed by atoms with Crippen molar-refractivity contribution < 1.29 is 0 Å². The molecule has 94 valence electrons. The first-order chi connectivity index (χ1) is 8.81. The van der Waals surface area contributed by atoms with Gasteiger partial charge in [-0.1, -0.05) is 0 Å². The Bertz CT molecular complexity index is 550. The highest BCUT2D eigenvalue weighted by Crippen LogP contribution is 1.99. The zero-order valence-electron chi connectivity index (χ0n) is 10.3. The van der Waals surface area contributed by atoms with Gasteiger partial charge in [0.2, 0.25) is 0 Å². The number of hydrogen-bond acceptors (Lipinski definition) is 4. The molecule has 0 fully saturated rings. The van der Waals surface area contributed by atoms with Gasteiger partial charge in [0.05, 0.1) is 0 Å². The second-order valence-corrected chi connectivity index (χ2v) is 3.90. The molecular weight excluding hydrogens is 228 g/mol. The minimum absolute atomic E-state index is 0.0743. The van der Waals surface area contributed by atoms with Crippen LogP contribution in [0.15, 0.2) is 41.7 Å². The second-order valence-electron chi connectivity index (χ2n) is 3.90. The third-order valence-electron chi connectivity index (χ3n) is 2.71. The molecule has 2 aromatic rings. The summed E-state index contributed by atoms with van der Waals surface area (Å²) in [5.41, 5.74) is 1.11. The number of pyridine rings is 1. The number of hydrogen-bond donors (Lipinski definition) is 1. The van der Waals surface area contributed by atoms with E-state index in [0.29, 0.717) is 18.9 Å². The van der Waals surface area contributed by atoms with Gasteiger partial charge in [-0.05, 0) is 31.0 Å². The highest BCUT2D eigenvalue weighted by molar-refractivity contribution is 5.31. The first-order valence-corrected chi connectivity index (χ1v) is 5.99. The van der Waals surface area contributed by atoms with E-state index in [4.69, 9.17) is 0 Å². The normalized spacial score (nSPS) is 10.3. The van der Waals surface area contributed by atoms with Crippen molar-refractivity contribution >= 4 is 5.82 Å². The summed E-state index contributed by atoms with van der Waals surface area (Å²) in [4.78, 5) is 19.9. The number of anilines is 1. The van der Waals surface area contributed by atoms with Gasteiger partial charge in [-0.25, -0.2) is 4.98 Å². The Kier molecular flexibility index (Phi) is 4.06. The minimum Gasteiger partial charge on any atom is -0.365 e. The van der Waals surface area contributed by atoms with Crippen molar-refractivity contribution in [2.75, 3.05) is 11.9 Å². The van der Waals surface area contributed by atoms with Crippen LogP contribution in [0.1, 0.15) is 12.5 Å². The maximum Gasteiger partial charge on any atom is 0.293 e. The predicted octanol–water partition coefficient (Wildman–Crippen LogP) is 1.31. The standard InChI is InChI=1S/C13H16N4O/c1-2-17-10-9-16-12(13(17)18)15-8-5-11-3-6-14-7-4-11/h3-4,6-7,9-10H,2,5,8H2,1H3,(H,15,16). The SMILES string of the molecule is CCn1ccnc(NCCc2ccncc2)c1=O. The van der Waals surface area contributed by atoms with E-state index in [0.717, 1.165) is 6.42 Å². The molecule has 0 aromatic carbocycles. The fourth-order valence-electron chi connectivity index (χ4n) is 1.69. The van der Waals surface area contributed by atoms with Crippen LogP contribution < -0.4 is 10.9 Å². The lowest BCUT2D eigenvalue weighted by Gasteiger charge is -2.07. The molecule has 5 nitrogen and oxygen atoms in total. The van der Waals surface area contributed by atoms with E-state index < -0.39 is 0 Å². The number of rotatable bonds is 5. The van der Waals surface area contributed by atoms with Crippen LogP contribution in [-0.2, 0) is 13.0 Å². The smallest absolute Gasteiger partial charge is 0.293 e. The predicted molar refractivity (Wildman–Crippen MR) is 70.6 cm³/mol. The van der Waals surface area contributed by atoms with Crippen LogP contribution in [0, 0.1) is 0 Å². The fourth-order valence-corrected chi connectivity index (χ4v) is 1.69. The molecule has 0 spiro atoms. The average molecular weight is 244 g/mol. The maximum atomic E-state index is 11.9. The quantitative estimate of drug-likeness (QED) is 0.861. The second kappa shape index (κ2) is 5.95. The van der Waals surface area contributed by atoms with Crippen molar-refractivity contribution in [3.05, 3.63) is 52.8 Å². The van der Waals surface area contributed by atoms with Crippen molar-refractivity contribution in [1.82, 2.24) is 14.5 Å². The Morgan fingerprint density at radius 1 is 1.28 bits per heavy atom. The fraction of sp³-hybridized carbons (Fsp3) is 0.308. The zero-order chi connectivity index (χ0) is 12.8. The molecule has 2 rings (SSSR count). The molecule has 0 aliphatic heterocycles. The van der Waals surface area contributed by atoms with Gasteiger partial charge in [-0.2, -0.15) is 0 Å². The molecule has 0 saturated carbocycles. The lowest BCUT2D eigenvalue weighted by molar-refractivity contribution is 0.718. The molecule has 5 heteroatoms. The molecule has 18 heavy (non-hydrogen) atoms. The highest BCUT2D eigenvalue weighted by Gasteiger charge is 2.02. The number of aryl methyl sites for hydroxylation is 1. The van der Waals surface area contributed by atoms with Crippen LogP contribution >= 0.6 is 0 Å². The molecule has 1 N–H and O–H groups in total. The van der Waals surface area contributed by atoms with E-state index in [1.54, 1.807) is 29.4 Å². The average Bonchev–Trinajstić information content (AvgIpc) is 2.42. The van der Waals surface area contributed by atoms with E-state index in [-0.39, 0.29) is 5.56 Å². The van der Waals surface area contributed by atoms with Crippen molar-refractivity contribution in [3.8, 4) is 0 Å². The topological polar surface area (TPSA) is 59.8 Å². The highest BCUT2D eigenvalue weighted by atomic mass is 16.1. The zero-order valence-corrected chi connectivity index (χ0v) is 10.3.